The molecule has 0 unspecified atom stereocenters. The van der Waals surface area contributed by atoms with Gasteiger partial charge in [0.05, 0.1) is 17.7 Å². The van der Waals surface area contributed by atoms with Gasteiger partial charge in [0.25, 0.3) is 0 Å². The lowest BCUT2D eigenvalue weighted by atomic mass is 10.1. The highest BCUT2D eigenvalue weighted by Crippen LogP contribution is 2.28. The molecule has 0 amide bonds. The molecule has 0 radical (unpaired) electrons. The van der Waals surface area contributed by atoms with E-state index in [1.54, 1.807) is 0 Å². The van der Waals surface area contributed by atoms with Crippen LogP contribution >= 0.6 is 11.3 Å². The first-order valence-electron chi connectivity index (χ1n) is 5.76. The second kappa shape index (κ2) is 5.32. The number of Topliss-reactive ketones (excluding diaryl/α,β-unsaturated/α-hetero) is 1. The van der Waals surface area contributed by atoms with Gasteiger partial charge in [-0.05, 0) is 26.0 Å². The Hall–Kier alpha value is -1.76. The maximum Gasteiger partial charge on any atom is 0.417 e. The van der Waals surface area contributed by atoms with Crippen molar-refractivity contribution in [3.63, 3.8) is 0 Å². The third kappa shape index (κ3) is 3.22. The first-order valence-corrected chi connectivity index (χ1v) is 6.58. The van der Waals surface area contributed by atoms with Gasteiger partial charge < -0.3 is 0 Å². The van der Waals surface area contributed by atoms with Gasteiger partial charge in [-0.2, -0.15) is 13.2 Å². The van der Waals surface area contributed by atoms with Gasteiger partial charge in [-0.15, -0.1) is 11.3 Å². The average molecular weight is 300 g/mol. The number of hydrogen-bond acceptors (Lipinski definition) is 4. The van der Waals surface area contributed by atoms with Crippen LogP contribution in [0.1, 0.15) is 31.6 Å². The molecule has 0 spiro atoms. The number of aryl methyl sites for hydroxylation is 2. The van der Waals surface area contributed by atoms with Crippen LogP contribution in [0.25, 0.3) is 0 Å². The number of alkyl halides is 3. The number of rotatable bonds is 3. The normalized spacial score (nSPS) is 11.7. The number of nitrogens with zero attached hydrogens (tertiary/aromatic N) is 2. The third-order valence-electron chi connectivity index (χ3n) is 2.76. The minimum Gasteiger partial charge on any atom is -0.292 e. The zero-order chi connectivity index (χ0) is 14.9. The lowest BCUT2D eigenvalue weighted by molar-refractivity contribution is -0.137. The highest BCUT2D eigenvalue weighted by atomic mass is 32.1. The molecule has 106 valence electrons. The minimum absolute atomic E-state index is 0.0171. The summed E-state index contributed by atoms with van der Waals surface area (Å²) >= 11 is 1.41. The molecule has 0 fully saturated rings. The fourth-order valence-electron chi connectivity index (χ4n) is 1.57. The van der Waals surface area contributed by atoms with Crippen LogP contribution in [0, 0.1) is 13.8 Å². The number of aromatic nitrogens is 2. The number of pyridine rings is 1. The van der Waals surface area contributed by atoms with Crippen molar-refractivity contribution in [3.8, 4) is 0 Å². The second-order valence-corrected chi connectivity index (χ2v) is 5.57. The van der Waals surface area contributed by atoms with Gasteiger partial charge in [-0.1, -0.05) is 0 Å². The van der Waals surface area contributed by atoms with Gasteiger partial charge in [-0.25, -0.2) is 4.98 Å². The van der Waals surface area contributed by atoms with Crippen LogP contribution in [0.3, 0.4) is 0 Å². The number of carbonyl (C=O) groups excluding carboxylic acids is 1. The average Bonchev–Trinajstić information content (AvgIpc) is 2.67. The summed E-state index contributed by atoms with van der Waals surface area (Å²) in [7, 11) is 0. The predicted molar refractivity (Wildman–Crippen MR) is 68.9 cm³/mol. The third-order valence-corrected chi connectivity index (χ3v) is 3.83. The molecule has 0 aliphatic rings. The van der Waals surface area contributed by atoms with Crippen LogP contribution in [-0.4, -0.2) is 15.8 Å². The van der Waals surface area contributed by atoms with Crippen molar-refractivity contribution < 1.29 is 18.0 Å². The molecule has 2 aromatic heterocycles. The van der Waals surface area contributed by atoms with Gasteiger partial charge >= 0.3 is 6.18 Å². The lowest BCUT2D eigenvalue weighted by Crippen LogP contribution is -2.09. The first-order chi connectivity index (χ1) is 9.27. The molecule has 0 saturated heterocycles. The summed E-state index contributed by atoms with van der Waals surface area (Å²) < 4.78 is 37.1. The molecule has 0 N–H and O–H groups in total. The zero-order valence-corrected chi connectivity index (χ0v) is 11.6. The summed E-state index contributed by atoms with van der Waals surface area (Å²) in [6, 6.07) is 1.96. The first kappa shape index (κ1) is 14.6. The van der Waals surface area contributed by atoms with E-state index in [9.17, 15) is 18.0 Å². The van der Waals surface area contributed by atoms with Gasteiger partial charge in [0.15, 0.2) is 5.78 Å². The van der Waals surface area contributed by atoms with Crippen LogP contribution in [0.5, 0.6) is 0 Å². The standard InChI is InChI=1S/C13H11F3N2OS/c1-7-8(2)20-12(18-7)5-11(19)10-4-3-9(6-17-10)13(14,15)16/h3-4,6H,5H2,1-2H3. The van der Waals surface area contributed by atoms with Gasteiger partial charge in [0, 0.05) is 11.1 Å². The van der Waals surface area contributed by atoms with E-state index in [0.717, 1.165) is 22.7 Å². The van der Waals surface area contributed by atoms with Crippen molar-refractivity contribution in [1.82, 2.24) is 9.97 Å². The summed E-state index contributed by atoms with van der Waals surface area (Å²) in [5.74, 6) is -0.340. The summed E-state index contributed by atoms with van der Waals surface area (Å²) in [5.41, 5.74) is 0.0108. The van der Waals surface area contributed by atoms with E-state index in [0.29, 0.717) is 11.2 Å². The highest BCUT2D eigenvalue weighted by Gasteiger charge is 2.30. The Bertz CT molecular complexity index is 613. The van der Waals surface area contributed by atoms with Crippen molar-refractivity contribution in [2.75, 3.05) is 0 Å². The van der Waals surface area contributed by atoms with Crippen molar-refractivity contribution >= 4 is 17.1 Å². The quantitative estimate of drug-likeness (QED) is 0.813. The largest absolute Gasteiger partial charge is 0.417 e. The summed E-state index contributed by atoms with van der Waals surface area (Å²) in [6.45, 7) is 3.74. The Morgan fingerprint density at radius 2 is 2.00 bits per heavy atom. The lowest BCUT2D eigenvalue weighted by Gasteiger charge is -2.06. The zero-order valence-electron chi connectivity index (χ0n) is 10.8. The van der Waals surface area contributed by atoms with E-state index in [1.807, 2.05) is 13.8 Å². The number of ketones is 1. The van der Waals surface area contributed by atoms with E-state index in [2.05, 4.69) is 9.97 Å². The molecule has 0 bridgehead atoms. The smallest absolute Gasteiger partial charge is 0.292 e. The molecule has 0 aromatic carbocycles. The van der Waals surface area contributed by atoms with Crippen molar-refractivity contribution in [3.05, 3.63) is 45.2 Å². The molecular formula is C13H11F3N2OS. The van der Waals surface area contributed by atoms with Crippen molar-refractivity contribution in [1.29, 1.82) is 0 Å². The van der Waals surface area contributed by atoms with Gasteiger partial charge in [0.2, 0.25) is 0 Å². The topological polar surface area (TPSA) is 42.9 Å². The second-order valence-electron chi connectivity index (χ2n) is 4.28. The van der Waals surface area contributed by atoms with Gasteiger partial charge in [0.1, 0.15) is 10.7 Å². The summed E-state index contributed by atoms with van der Waals surface area (Å²) in [4.78, 5) is 20.7. The fraction of sp³-hybridized carbons (Fsp3) is 0.308. The van der Waals surface area contributed by atoms with E-state index in [-0.39, 0.29) is 17.9 Å². The SMILES string of the molecule is Cc1nc(CC(=O)c2ccc(C(F)(F)F)cn2)sc1C. The molecule has 7 heteroatoms. The van der Waals surface area contributed by atoms with Crippen LogP contribution in [0.15, 0.2) is 18.3 Å². The summed E-state index contributed by atoms with van der Waals surface area (Å²) in [5, 5.41) is 0.645. The Labute approximate surface area is 117 Å². The Morgan fingerprint density at radius 1 is 1.30 bits per heavy atom. The number of halogens is 3. The number of carbonyl (C=O) groups is 1. The molecule has 20 heavy (non-hydrogen) atoms. The Balaban J connectivity index is 2.13. The van der Waals surface area contributed by atoms with Crippen LogP contribution in [0.2, 0.25) is 0 Å². The molecule has 2 rings (SSSR count). The van der Waals surface area contributed by atoms with Crippen molar-refractivity contribution in [2.24, 2.45) is 0 Å². The van der Waals surface area contributed by atoms with E-state index < -0.39 is 11.7 Å². The van der Waals surface area contributed by atoms with Gasteiger partial charge in [-0.3, -0.25) is 9.78 Å². The highest BCUT2D eigenvalue weighted by molar-refractivity contribution is 7.11. The maximum absolute atomic E-state index is 12.4. The molecule has 0 aliphatic carbocycles. The summed E-state index contributed by atoms with van der Waals surface area (Å²) in [6.07, 6.45) is -3.72. The molecule has 3 nitrogen and oxygen atoms in total. The number of thiazole rings is 1. The minimum atomic E-state index is -4.45. The molecular weight excluding hydrogens is 289 g/mol. The molecule has 0 saturated carbocycles. The molecule has 2 heterocycles. The monoisotopic (exact) mass is 300 g/mol. The van der Waals surface area contributed by atoms with E-state index in [1.165, 1.54) is 11.3 Å². The number of hydrogen-bond donors (Lipinski definition) is 0. The van der Waals surface area contributed by atoms with E-state index in [4.69, 9.17) is 0 Å². The maximum atomic E-state index is 12.4. The fourth-order valence-corrected chi connectivity index (χ4v) is 2.50. The predicted octanol–water partition coefficient (Wildman–Crippen LogP) is 3.60. The van der Waals surface area contributed by atoms with Crippen LogP contribution in [-0.2, 0) is 12.6 Å². The van der Waals surface area contributed by atoms with Crippen LogP contribution < -0.4 is 0 Å². The van der Waals surface area contributed by atoms with E-state index >= 15 is 0 Å². The van der Waals surface area contributed by atoms with Crippen LogP contribution in [0.4, 0.5) is 13.2 Å². The Morgan fingerprint density at radius 3 is 2.45 bits per heavy atom. The Kier molecular flexibility index (Phi) is 3.89. The molecule has 0 aliphatic heterocycles. The van der Waals surface area contributed by atoms with Crippen molar-refractivity contribution in [2.45, 2.75) is 26.4 Å². The molecule has 2 aromatic rings. The molecule has 0 atom stereocenters.